The van der Waals surface area contributed by atoms with E-state index >= 15 is 0 Å². The van der Waals surface area contributed by atoms with Gasteiger partial charge < -0.3 is 0 Å². The van der Waals surface area contributed by atoms with Crippen molar-refractivity contribution in [2.75, 3.05) is 11.0 Å². The predicted octanol–water partition coefficient (Wildman–Crippen LogP) is 2.86. The second-order valence-corrected chi connectivity index (χ2v) is 8.20. The fourth-order valence-electron chi connectivity index (χ4n) is 1.79. The summed E-state index contributed by atoms with van der Waals surface area (Å²) in [6, 6.07) is 12.7. The molecule has 0 aromatic heterocycles. The molecule has 0 saturated carbocycles. The molecule has 2 aromatic carbocycles. The van der Waals surface area contributed by atoms with Gasteiger partial charge in [0.15, 0.2) is 0 Å². The molecular weight excluding hydrogens is 388 g/mol. The van der Waals surface area contributed by atoms with Crippen molar-refractivity contribution in [1.29, 1.82) is 5.26 Å². The van der Waals surface area contributed by atoms with E-state index in [0.29, 0.717) is 9.37 Å². The van der Waals surface area contributed by atoms with E-state index in [0.717, 1.165) is 0 Å². The van der Waals surface area contributed by atoms with Crippen LogP contribution >= 0.6 is 15.9 Å². The number of hydrogen-bond acceptors (Lipinski definition) is 4. The molecule has 8 heteroatoms. The third-order valence-corrected chi connectivity index (χ3v) is 5.80. The van der Waals surface area contributed by atoms with Crippen LogP contribution in [0.2, 0.25) is 0 Å². The molecule has 0 spiro atoms. The summed E-state index contributed by atoms with van der Waals surface area (Å²) in [5.74, 6) is 0. The first-order valence-corrected chi connectivity index (χ1v) is 9.83. The largest absolute Gasteiger partial charge is 0.280 e. The zero-order chi connectivity index (χ0) is 16.3. The Labute approximate surface area is 139 Å². The number of hydrogen-bond donors (Lipinski definition) is 1. The lowest BCUT2D eigenvalue weighted by atomic mass is 10.2. The average molecular weight is 399 g/mol. The Bertz CT molecular complexity index is 889. The molecule has 1 atom stereocenters. The van der Waals surface area contributed by atoms with Gasteiger partial charge in [0.05, 0.1) is 11.3 Å². The molecule has 0 saturated heterocycles. The van der Waals surface area contributed by atoms with Crippen LogP contribution in [0.4, 0.5) is 5.69 Å². The minimum atomic E-state index is -3.92. The molecule has 0 radical (unpaired) electrons. The Balaban J connectivity index is 2.45. The smallest absolute Gasteiger partial charge is 0.263 e. The third kappa shape index (κ3) is 3.55. The van der Waals surface area contributed by atoms with Crippen molar-refractivity contribution in [3.63, 3.8) is 0 Å². The molecule has 0 aliphatic rings. The second-order valence-electron chi connectivity index (χ2n) is 4.31. The Morgan fingerprint density at radius 2 is 1.91 bits per heavy atom. The van der Waals surface area contributed by atoms with E-state index in [4.69, 9.17) is 5.26 Å². The van der Waals surface area contributed by atoms with Crippen LogP contribution in [-0.4, -0.2) is 18.9 Å². The average Bonchev–Trinajstić information content (AvgIpc) is 2.46. The molecule has 2 aromatic rings. The fourth-order valence-corrected chi connectivity index (χ4v) is 4.16. The van der Waals surface area contributed by atoms with Crippen molar-refractivity contribution < 1.29 is 12.6 Å². The summed E-state index contributed by atoms with van der Waals surface area (Å²) in [6.45, 7) is 0. The van der Waals surface area contributed by atoms with Crippen LogP contribution in [0.3, 0.4) is 0 Å². The van der Waals surface area contributed by atoms with Crippen molar-refractivity contribution in [3.05, 3.63) is 52.5 Å². The van der Waals surface area contributed by atoms with Crippen LogP contribution in [0.25, 0.3) is 0 Å². The van der Waals surface area contributed by atoms with Crippen molar-refractivity contribution in [1.82, 2.24) is 0 Å². The van der Waals surface area contributed by atoms with Crippen LogP contribution in [0.15, 0.2) is 56.7 Å². The van der Waals surface area contributed by atoms with Gasteiger partial charge in [-0.15, -0.1) is 0 Å². The molecule has 1 N–H and O–H groups in total. The molecule has 0 fully saturated rings. The first kappa shape index (κ1) is 16.7. The lowest BCUT2D eigenvalue weighted by Crippen LogP contribution is -2.14. The van der Waals surface area contributed by atoms with Crippen LogP contribution in [0.1, 0.15) is 5.56 Å². The molecule has 0 aliphatic heterocycles. The topological polar surface area (TPSA) is 87.0 Å². The number of nitriles is 1. The molecule has 1 unspecified atom stereocenters. The highest BCUT2D eigenvalue weighted by atomic mass is 79.9. The minimum Gasteiger partial charge on any atom is -0.280 e. The third-order valence-electron chi connectivity index (χ3n) is 2.79. The summed E-state index contributed by atoms with van der Waals surface area (Å²) < 4.78 is 39.2. The minimum absolute atomic E-state index is 0.0326. The molecule has 2 rings (SSSR count). The number of halogens is 1. The zero-order valence-electron chi connectivity index (χ0n) is 11.4. The first-order valence-electron chi connectivity index (χ1n) is 6.00. The van der Waals surface area contributed by atoms with E-state index in [1.54, 1.807) is 24.3 Å². The molecule has 0 heterocycles. The van der Waals surface area contributed by atoms with Crippen molar-refractivity contribution in [2.24, 2.45) is 0 Å². The normalized spacial score (nSPS) is 12.4. The maximum atomic E-state index is 12.5. The van der Waals surface area contributed by atoms with Gasteiger partial charge in [0.25, 0.3) is 10.0 Å². The number of nitrogens with one attached hydrogen (secondary N) is 1. The number of benzene rings is 2. The van der Waals surface area contributed by atoms with E-state index in [1.807, 2.05) is 6.07 Å². The van der Waals surface area contributed by atoms with Gasteiger partial charge in [-0.1, -0.05) is 12.1 Å². The maximum Gasteiger partial charge on any atom is 0.263 e. The quantitative estimate of drug-likeness (QED) is 0.857. The molecule has 0 bridgehead atoms. The molecule has 5 nitrogen and oxygen atoms in total. The zero-order valence-corrected chi connectivity index (χ0v) is 14.6. The Hall–Kier alpha value is -1.69. The van der Waals surface area contributed by atoms with Crippen molar-refractivity contribution >= 4 is 42.4 Å². The molecule has 0 aliphatic carbocycles. The number of anilines is 1. The highest BCUT2D eigenvalue weighted by Gasteiger charge is 2.20. The summed E-state index contributed by atoms with van der Waals surface area (Å²) in [4.78, 5) is 0.391. The highest BCUT2D eigenvalue weighted by Crippen LogP contribution is 2.25. The highest BCUT2D eigenvalue weighted by molar-refractivity contribution is 9.10. The van der Waals surface area contributed by atoms with Gasteiger partial charge in [0.1, 0.15) is 11.0 Å². The summed E-state index contributed by atoms with van der Waals surface area (Å²) in [5, 5.41) is 9.13. The van der Waals surface area contributed by atoms with Gasteiger partial charge in [-0.05, 0) is 46.3 Å². The van der Waals surface area contributed by atoms with Gasteiger partial charge in [0.2, 0.25) is 0 Å². The van der Waals surface area contributed by atoms with E-state index in [2.05, 4.69) is 20.7 Å². The number of rotatable bonds is 4. The molecular formula is C14H11BrN2O3S2. The van der Waals surface area contributed by atoms with Crippen LogP contribution in [0.5, 0.6) is 0 Å². The summed E-state index contributed by atoms with van der Waals surface area (Å²) in [7, 11) is -5.14. The Kier molecular flexibility index (Phi) is 5.01. The molecule has 22 heavy (non-hydrogen) atoms. The van der Waals surface area contributed by atoms with Crippen molar-refractivity contribution in [2.45, 2.75) is 9.79 Å². The summed E-state index contributed by atoms with van der Waals surface area (Å²) in [6.07, 6.45) is 1.51. The number of nitrogens with zero attached hydrogens (tertiary/aromatic N) is 1. The second kappa shape index (κ2) is 6.60. The van der Waals surface area contributed by atoms with E-state index in [9.17, 15) is 12.6 Å². The van der Waals surface area contributed by atoms with Gasteiger partial charge in [-0.2, -0.15) is 5.26 Å². The van der Waals surface area contributed by atoms with Gasteiger partial charge >= 0.3 is 0 Å². The Morgan fingerprint density at radius 3 is 2.55 bits per heavy atom. The lowest BCUT2D eigenvalue weighted by molar-refractivity contribution is 0.601. The Morgan fingerprint density at radius 1 is 1.23 bits per heavy atom. The van der Waals surface area contributed by atoms with Crippen LogP contribution in [-0.2, 0) is 20.8 Å². The van der Waals surface area contributed by atoms with E-state index < -0.39 is 20.8 Å². The van der Waals surface area contributed by atoms with Crippen LogP contribution in [0, 0.1) is 11.3 Å². The van der Waals surface area contributed by atoms with E-state index in [-0.39, 0.29) is 16.1 Å². The standard InChI is InChI=1S/C14H11BrN2O3S2/c1-21(18)11-5-2-4-10(8-11)17-22(19,20)14-7-3-6-13(15)12(14)9-16/h2-8,17H,1H3. The van der Waals surface area contributed by atoms with Gasteiger partial charge in [-0.3, -0.25) is 8.93 Å². The summed E-state index contributed by atoms with van der Waals surface area (Å²) in [5.41, 5.74) is 0.321. The monoisotopic (exact) mass is 398 g/mol. The molecule has 114 valence electrons. The predicted molar refractivity (Wildman–Crippen MR) is 88.4 cm³/mol. The summed E-state index contributed by atoms with van der Waals surface area (Å²) >= 11 is 3.16. The number of sulfonamides is 1. The van der Waals surface area contributed by atoms with E-state index in [1.165, 1.54) is 24.5 Å². The van der Waals surface area contributed by atoms with Gasteiger partial charge in [-0.25, -0.2) is 8.42 Å². The first-order chi connectivity index (χ1) is 10.3. The maximum absolute atomic E-state index is 12.5. The SMILES string of the molecule is CS(=O)c1cccc(NS(=O)(=O)c2cccc(Br)c2C#N)c1. The lowest BCUT2D eigenvalue weighted by Gasteiger charge is -2.10. The van der Waals surface area contributed by atoms with Gasteiger partial charge in [0, 0.05) is 26.4 Å². The fraction of sp³-hybridized carbons (Fsp3) is 0.0714. The van der Waals surface area contributed by atoms with Crippen LogP contribution < -0.4 is 4.72 Å². The van der Waals surface area contributed by atoms with Crippen molar-refractivity contribution in [3.8, 4) is 6.07 Å². The molecule has 0 amide bonds.